The highest BCUT2D eigenvalue weighted by atomic mass is 32.2. The Morgan fingerprint density at radius 2 is 2.31 bits per heavy atom. The molecule has 13 heavy (non-hydrogen) atoms. The minimum atomic E-state index is -0.303. The van der Waals surface area contributed by atoms with E-state index in [0.29, 0.717) is 0 Å². The molecule has 0 bridgehead atoms. The Bertz CT molecular complexity index is 168. The zero-order chi connectivity index (χ0) is 10.3. The third-order valence-corrected chi connectivity index (χ3v) is 3.48. The standard InChI is InChI=1S/C10H18OS2/c1-4-6-8(10(12)13-3)9(11)7-5-2/h4,8-9,11H,1,5-7H2,2-3H3/t8-,9+/m0/s1. The van der Waals surface area contributed by atoms with Crippen LogP contribution in [0.1, 0.15) is 26.2 Å². The summed E-state index contributed by atoms with van der Waals surface area (Å²) in [5.41, 5.74) is 0. The first-order valence-corrected chi connectivity index (χ1v) is 6.17. The van der Waals surface area contributed by atoms with Crippen molar-refractivity contribution in [3.8, 4) is 0 Å². The van der Waals surface area contributed by atoms with Crippen LogP contribution in [0.15, 0.2) is 12.7 Å². The van der Waals surface area contributed by atoms with Crippen LogP contribution in [-0.2, 0) is 0 Å². The third kappa shape index (κ3) is 4.79. The predicted octanol–water partition coefficient (Wildman–Crippen LogP) is 3.03. The highest BCUT2D eigenvalue weighted by molar-refractivity contribution is 8.22. The molecule has 0 amide bonds. The van der Waals surface area contributed by atoms with E-state index in [1.165, 1.54) is 0 Å². The molecule has 0 fully saturated rings. The molecule has 3 heteroatoms. The molecule has 0 saturated carbocycles. The first-order valence-electron chi connectivity index (χ1n) is 4.54. The summed E-state index contributed by atoms with van der Waals surface area (Å²) in [7, 11) is 0. The zero-order valence-electron chi connectivity index (χ0n) is 8.32. The van der Waals surface area contributed by atoms with Gasteiger partial charge < -0.3 is 5.11 Å². The zero-order valence-corrected chi connectivity index (χ0v) is 9.96. The maximum absolute atomic E-state index is 9.79. The first kappa shape index (κ1) is 13.1. The van der Waals surface area contributed by atoms with Gasteiger partial charge >= 0.3 is 0 Å². The summed E-state index contributed by atoms with van der Waals surface area (Å²) in [4.78, 5) is 0. The van der Waals surface area contributed by atoms with Crippen molar-refractivity contribution in [2.24, 2.45) is 5.92 Å². The highest BCUT2D eigenvalue weighted by Gasteiger charge is 2.20. The quantitative estimate of drug-likeness (QED) is 0.546. The molecular formula is C10H18OS2. The monoisotopic (exact) mass is 218 g/mol. The van der Waals surface area contributed by atoms with E-state index < -0.39 is 0 Å². The van der Waals surface area contributed by atoms with Crippen LogP contribution < -0.4 is 0 Å². The predicted molar refractivity (Wildman–Crippen MR) is 65.3 cm³/mol. The average Bonchev–Trinajstić information content (AvgIpc) is 2.13. The lowest BCUT2D eigenvalue weighted by Gasteiger charge is -2.20. The minimum Gasteiger partial charge on any atom is -0.392 e. The molecule has 76 valence electrons. The van der Waals surface area contributed by atoms with Crippen LogP contribution in [0.2, 0.25) is 0 Å². The van der Waals surface area contributed by atoms with E-state index in [4.69, 9.17) is 12.2 Å². The van der Waals surface area contributed by atoms with E-state index >= 15 is 0 Å². The number of aliphatic hydroxyl groups excluding tert-OH is 1. The van der Waals surface area contributed by atoms with Crippen LogP contribution in [0.5, 0.6) is 0 Å². The summed E-state index contributed by atoms with van der Waals surface area (Å²) < 4.78 is 0.890. The summed E-state index contributed by atoms with van der Waals surface area (Å²) in [6.45, 7) is 5.75. The molecule has 0 aromatic carbocycles. The van der Waals surface area contributed by atoms with Crippen molar-refractivity contribution < 1.29 is 5.11 Å². The molecule has 0 aromatic heterocycles. The molecule has 0 saturated heterocycles. The largest absolute Gasteiger partial charge is 0.392 e. The van der Waals surface area contributed by atoms with Crippen LogP contribution in [0, 0.1) is 5.92 Å². The number of hydrogen-bond donors (Lipinski definition) is 1. The third-order valence-electron chi connectivity index (χ3n) is 1.97. The molecule has 0 aliphatic rings. The SMILES string of the molecule is C=CC[C@H](C(=S)SC)[C@H](O)CCC. The molecule has 0 heterocycles. The molecule has 1 N–H and O–H groups in total. The summed E-state index contributed by atoms with van der Waals surface area (Å²) in [6, 6.07) is 0. The summed E-state index contributed by atoms with van der Waals surface area (Å²) >= 11 is 6.74. The van der Waals surface area contributed by atoms with Crippen molar-refractivity contribution in [1.82, 2.24) is 0 Å². The molecule has 0 spiro atoms. The number of allylic oxidation sites excluding steroid dienone is 1. The number of thiocarbonyl (C=S) groups is 1. The molecule has 0 aliphatic heterocycles. The van der Waals surface area contributed by atoms with Gasteiger partial charge in [-0.3, -0.25) is 0 Å². The molecule has 0 aliphatic carbocycles. The fourth-order valence-electron chi connectivity index (χ4n) is 1.24. The Morgan fingerprint density at radius 1 is 1.69 bits per heavy atom. The number of aliphatic hydroxyl groups is 1. The lowest BCUT2D eigenvalue weighted by Crippen LogP contribution is -2.24. The van der Waals surface area contributed by atoms with E-state index in [1.807, 2.05) is 12.3 Å². The second-order valence-corrected chi connectivity index (χ2v) is 4.56. The van der Waals surface area contributed by atoms with Crippen molar-refractivity contribution in [2.45, 2.75) is 32.3 Å². The van der Waals surface area contributed by atoms with Crippen LogP contribution in [0.4, 0.5) is 0 Å². The smallest absolute Gasteiger partial charge is 0.0625 e. The molecule has 2 atom stereocenters. The maximum Gasteiger partial charge on any atom is 0.0625 e. The topological polar surface area (TPSA) is 20.2 Å². The number of thioether (sulfide) groups is 1. The van der Waals surface area contributed by atoms with Gasteiger partial charge in [-0.25, -0.2) is 0 Å². The number of rotatable bonds is 6. The lowest BCUT2D eigenvalue weighted by atomic mass is 9.97. The van der Waals surface area contributed by atoms with Gasteiger partial charge in [0.05, 0.1) is 10.3 Å². The fourth-order valence-corrected chi connectivity index (χ4v) is 2.05. The summed E-state index contributed by atoms with van der Waals surface area (Å²) in [5.74, 6) is 0.0995. The van der Waals surface area contributed by atoms with Crippen molar-refractivity contribution in [3.05, 3.63) is 12.7 Å². The Labute approximate surface area is 90.6 Å². The number of hydrogen-bond acceptors (Lipinski definition) is 3. The Kier molecular flexibility index (Phi) is 7.62. The Balaban J connectivity index is 4.21. The molecule has 0 unspecified atom stereocenters. The van der Waals surface area contributed by atoms with E-state index in [-0.39, 0.29) is 12.0 Å². The second-order valence-electron chi connectivity index (χ2n) is 3.01. The molecule has 0 radical (unpaired) electrons. The lowest BCUT2D eigenvalue weighted by molar-refractivity contribution is 0.131. The van der Waals surface area contributed by atoms with Crippen molar-refractivity contribution in [1.29, 1.82) is 0 Å². The highest BCUT2D eigenvalue weighted by Crippen LogP contribution is 2.21. The molecule has 1 nitrogen and oxygen atoms in total. The van der Waals surface area contributed by atoms with Crippen LogP contribution in [0.25, 0.3) is 0 Å². The van der Waals surface area contributed by atoms with Gasteiger partial charge in [0.2, 0.25) is 0 Å². The summed E-state index contributed by atoms with van der Waals surface area (Å²) in [5, 5.41) is 9.79. The van der Waals surface area contributed by atoms with Gasteiger partial charge in [0, 0.05) is 5.92 Å². The van der Waals surface area contributed by atoms with Crippen molar-refractivity contribution in [3.63, 3.8) is 0 Å². The van der Waals surface area contributed by atoms with Gasteiger partial charge in [-0.2, -0.15) is 0 Å². The van der Waals surface area contributed by atoms with Gasteiger partial charge in [-0.1, -0.05) is 31.6 Å². The van der Waals surface area contributed by atoms with Gasteiger partial charge in [0.25, 0.3) is 0 Å². The minimum absolute atomic E-state index is 0.0995. The summed E-state index contributed by atoms with van der Waals surface area (Å²) in [6.07, 6.45) is 6.07. The molecule has 0 aromatic rings. The normalized spacial score (nSPS) is 15.0. The van der Waals surface area contributed by atoms with Crippen LogP contribution >= 0.6 is 24.0 Å². The second kappa shape index (κ2) is 7.54. The van der Waals surface area contributed by atoms with Gasteiger partial charge in [0.1, 0.15) is 0 Å². The van der Waals surface area contributed by atoms with Crippen molar-refractivity contribution in [2.75, 3.05) is 6.26 Å². The fraction of sp³-hybridized carbons (Fsp3) is 0.700. The molecular weight excluding hydrogens is 200 g/mol. The Morgan fingerprint density at radius 3 is 2.69 bits per heavy atom. The van der Waals surface area contributed by atoms with Gasteiger partial charge in [-0.05, 0) is 19.1 Å². The van der Waals surface area contributed by atoms with Crippen LogP contribution in [-0.4, -0.2) is 21.7 Å². The van der Waals surface area contributed by atoms with E-state index in [2.05, 4.69) is 13.5 Å². The van der Waals surface area contributed by atoms with Gasteiger partial charge in [0.15, 0.2) is 0 Å². The van der Waals surface area contributed by atoms with E-state index in [9.17, 15) is 5.11 Å². The average molecular weight is 218 g/mol. The van der Waals surface area contributed by atoms with E-state index in [1.54, 1.807) is 11.8 Å². The van der Waals surface area contributed by atoms with Crippen molar-refractivity contribution >= 4 is 28.2 Å². The van der Waals surface area contributed by atoms with E-state index in [0.717, 1.165) is 23.5 Å². The first-order chi connectivity index (χ1) is 6.17. The molecule has 0 rings (SSSR count). The van der Waals surface area contributed by atoms with Gasteiger partial charge in [-0.15, -0.1) is 18.3 Å². The maximum atomic E-state index is 9.79. The Hall–Kier alpha value is 0.140. The van der Waals surface area contributed by atoms with Crippen LogP contribution in [0.3, 0.4) is 0 Å².